The highest BCUT2D eigenvalue weighted by Crippen LogP contribution is 2.24. The Balaban J connectivity index is 1.84. The van der Waals surface area contributed by atoms with Gasteiger partial charge in [0.1, 0.15) is 11.5 Å². The second kappa shape index (κ2) is 6.06. The van der Waals surface area contributed by atoms with Crippen molar-refractivity contribution in [3.63, 3.8) is 0 Å². The molecule has 0 spiro atoms. The van der Waals surface area contributed by atoms with Crippen molar-refractivity contribution in [2.75, 3.05) is 19.3 Å². The molecule has 2 aromatic rings. The summed E-state index contributed by atoms with van der Waals surface area (Å²) in [5.41, 5.74) is 1.41. The molecular formula is C15H20N4O4S. The number of carbonyl (C=O) groups is 1. The number of nitrogens with zero attached hydrogens (tertiary/aromatic N) is 3. The summed E-state index contributed by atoms with van der Waals surface area (Å²) in [5, 5.41) is 0. The van der Waals surface area contributed by atoms with Crippen LogP contribution in [0, 0.1) is 13.8 Å². The number of nitrogens with one attached hydrogen (secondary N) is 1. The molecule has 1 aliphatic heterocycles. The minimum atomic E-state index is -3.30. The lowest BCUT2D eigenvalue weighted by molar-refractivity contribution is 0.0678. The van der Waals surface area contributed by atoms with E-state index in [1.54, 1.807) is 37.3 Å². The molecule has 0 aromatic carbocycles. The number of furan rings is 1. The maximum absolute atomic E-state index is 12.8. The second-order valence-corrected chi connectivity index (χ2v) is 7.91. The van der Waals surface area contributed by atoms with Crippen LogP contribution in [0.4, 0.5) is 0 Å². The van der Waals surface area contributed by atoms with E-state index in [2.05, 4.69) is 9.71 Å². The van der Waals surface area contributed by atoms with Crippen molar-refractivity contribution in [2.45, 2.75) is 26.4 Å². The predicted molar refractivity (Wildman–Crippen MR) is 87.0 cm³/mol. The Bertz CT molecular complexity index is 868. The summed E-state index contributed by atoms with van der Waals surface area (Å²) in [4.78, 5) is 18.6. The molecule has 0 aliphatic carbocycles. The van der Waals surface area contributed by atoms with Gasteiger partial charge in [-0.25, -0.2) is 18.1 Å². The predicted octanol–water partition coefficient (Wildman–Crippen LogP) is 0.839. The van der Waals surface area contributed by atoms with Crippen LogP contribution < -0.4 is 4.72 Å². The van der Waals surface area contributed by atoms with Gasteiger partial charge in [-0.15, -0.1) is 0 Å². The summed E-state index contributed by atoms with van der Waals surface area (Å²) in [6.07, 6.45) is 4.48. The van der Waals surface area contributed by atoms with Crippen molar-refractivity contribution in [2.24, 2.45) is 0 Å². The summed E-state index contributed by atoms with van der Waals surface area (Å²) in [5.74, 6) is 1.15. The number of fused-ring (bicyclic) bond motifs is 1. The van der Waals surface area contributed by atoms with Crippen molar-refractivity contribution >= 4 is 15.9 Å². The lowest BCUT2D eigenvalue weighted by Crippen LogP contribution is -2.44. The molecule has 0 fully saturated rings. The molecule has 3 heterocycles. The van der Waals surface area contributed by atoms with E-state index in [1.165, 1.54) is 0 Å². The molecule has 1 amide bonds. The summed E-state index contributed by atoms with van der Waals surface area (Å²) >= 11 is 0. The molecule has 8 nitrogen and oxygen atoms in total. The Hall–Kier alpha value is -2.13. The van der Waals surface area contributed by atoms with Crippen LogP contribution in [0.25, 0.3) is 0 Å². The summed E-state index contributed by atoms with van der Waals surface area (Å²) in [7, 11) is -3.30. The average molecular weight is 352 g/mol. The average Bonchev–Trinajstić information content (AvgIpc) is 3.09. The van der Waals surface area contributed by atoms with Gasteiger partial charge in [0.15, 0.2) is 0 Å². The summed E-state index contributed by atoms with van der Waals surface area (Å²) in [6, 6.07) is 1.52. The van der Waals surface area contributed by atoms with E-state index in [-0.39, 0.29) is 18.5 Å². The Morgan fingerprint density at radius 2 is 2.21 bits per heavy atom. The molecule has 0 bridgehead atoms. The van der Waals surface area contributed by atoms with Crippen LogP contribution in [0.5, 0.6) is 0 Å². The largest absolute Gasteiger partial charge is 0.466 e. The number of aromatic nitrogens is 2. The third-order valence-electron chi connectivity index (χ3n) is 4.06. The van der Waals surface area contributed by atoms with Gasteiger partial charge in [0.2, 0.25) is 10.0 Å². The smallest absolute Gasteiger partial charge is 0.257 e. The van der Waals surface area contributed by atoms with Crippen LogP contribution in [0.1, 0.15) is 33.6 Å². The molecule has 0 unspecified atom stereocenters. The molecule has 1 aliphatic rings. The maximum atomic E-state index is 12.8. The molecule has 3 rings (SSSR count). The number of sulfonamides is 1. The second-order valence-electron chi connectivity index (χ2n) is 6.08. The van der Waals surface area contributed by atoms with Gasteiger partial charge in [-0.05, 0) is 19.9 Å². The first kappa shape index (κ1) is 16.7. The monoisotopic (exact) mass is 352 g/mol. The van der Waals surface area contributed by atoms with E-state index in [4.69, 9.17) is 4.42 Å². The van der Waals surface area contributed by atoms with Gasteiger partial charge in [0.05, 0.1) is 36.4 Å². The highest BCUT2D eigenvalue weighted by atomic mass is 32.2. The van der Waals surface area contributed by atoms with Crippen molar-refractivity contribution in [1.82, 2.24) is 19.2 Å². The van der Waals surface area contributed by atoms with Crippen molar-refractivity contribution in [3.8, 4) is 0 Å². The number of carbonyl (C=O) groups excluding carboxylic acids is 1. The van der Waals surface area contributed by atoms with Crippen molar-refractivity contribution in [1.29, 1.82) is 0 Å². The molecule has 1 atom stereocenters. The van der Waals surface area contributed by atoms with E-state index in [1.807, 2.05) is 4.57 Å². The van der Waals surface area contributed by atoms with Gasteiger partial charge in [0, 0.05) is 19.3 Å². The molecule has 0 saturated heterocycles. The fourth-order valence-corrected chi connectivity index (χ4v) is 3.46. The van der Waals surface area contributed by atoms with Crippen LogP contribution in [0.3, 0.4) is 0 Å². The Kier molecular flexibility index (Phi) is 4.22. The molecule has 1 N–H and O–H groups in total. The minimum absolute atomic E-state index is 0.124. The first-order chi connectivity index (χ1) is 11.2. The van der Waals surface area contributed by atoms with Crippen LogP contribution in [0.2, 0.25) is 0 Å². The maximum Gasteiger partial charge on any atom is 0.257 e. The highest BCUT2D eigenvalue weighted by molar-refractivity contribution is 7.88. The third-order valence-corrected chi connectivity index (χ3v) is 4.75. The molecule has 9 heteroatoms. The standard InChI is InChI=1S/C15H20N4O4S/c1-10-4-14(11(2)23-10)15(20)18-7-12-5-16-9-19(12)13(8-18)6-17-24(3,21)22/h4-5,9,13,17H,6-8H2,1-3H3/t13-/m1/s1. The zero-order chi connectivity index (χ0) is 17.5. The van der Waals surface area contributed by atoms with Crippen LogP contribution in [-0.4, -0.2) is 48.1 Å². The zero-order valence-corrected chi connectivity index (χ0v) is 14.6. The molecule has 130 valence electrons. The fraction of sp³-hybridized carbons (Fsp3) is 0.467. The topological polar surface area (TPSA) is 97.4 Å². The van der Waals surface area contributed by atoms with Crippen LogP contribution in [0.15, 0.2) is 23.0 Å². The number of hydrogen-bond acceptors (Lipinski definition) is 5. The SMILES string of the molecule is Cc1cc(C(=O)N2Cc3cncn3[C@H](CNS(C)(=O)=O)C2)c(C)o1. The van der Waals surface area contributed by atoms with Gasteiger partial charge in [-0.3, -0.25) is 4.79 Å². The van der Waals surface area contributed by atoms with Crippen LogP contribution in [-0.2, 0) is 16.6 Å². The number of aryl methyl sites for hydroxylation is 2. The quantitative estimate of drug-likeness (QED) is 0.879. The fourth-order valence-electron chi connectivity index (χ4n) is 2.96. The number of rotatable bonds is 4. The van der Waals surface area contributed by atoms with E-state index in [0.717, 1.165) is 11.9 Å². The van der Waals surface area contributed by atoms with Gasteiger partial charge in [0.25, 0.3) is 5.91 Å². The van der Waals surface area contributed by atoms with Gasteiger partial charge in [-0.2, -0.15) is 0 Å². The Labute approximate surface area is 140 Å². The summed E-state index contributed by atoms with van der Waals surface area (Å²) < 4.78 is 32.6. The van der Waals surface area contributed by atoms with Gasteiger partial charge >= 0.3 is 0 Å². The highest BCUT2D eigenvalue weighted by Gasteiger charge is 2.30. The minimum Gasteiger partial charge on any atom is -0.466 e. The molecule has 0 radical (unpaired) electrons. The number of amides is 1. The molecule has 2 aromatic heterocycles. The molecule has 24 heavy (non-hydrogen) atoms. The Morgan fingerprint density at radius 1 is 1.46 bits per heavy atom. The first-order valence-electron chi connectivity index (χ1n) is 7.56. The van der Waals surface area contributed by atoms with Crippen molar-refractivity contribution in [3.05, 3.63) is 41.4 Å². The number of hydrogen-bond donors (Lipinski definition) is 1. The van der Waals surface area contributed by atoms with E-state index in [9.17, 15) is 13.2 Å². The Morgan fingerprint density at radius 3 is 2.83 bits per heavy atom. The van der Waals surface area contributed by atoms with E-state index < -0.39 is 10.0 Å². The normalized spacial score (nSPS) is 17.8. The third kappa shape index (κ3) is 3.36. The lowest BCUT2D eigenvalue weighted by atomic mass is 10.1. The lowest BCUT2D eigenvalue weighted by Gasteiger charge is -2.34. The zero-order valence-electron chi connectivity index (χ0n) is 13.8. The molecule has 0 saturated carbocycles. The molecular weight excluding hydrogens is 332 g/mol. The number of imidazole rings is 1. The van der Waals surface area contributed by atoms with Gasteiger partial charge < -0.3 is 13.9 Å². The van der Waals surface area contributed by atoms with Gasteiger partial charge in [-0.1, -0.05) is 0 Å². The van der Waals surface area contributed by atoms with E-state index >= 15 is 0 Å². The van der Waals surface area contributed by atoms with E-state index in [0.29, 0.717) is 30.2 Å². The van der Waals surface area contributed by atoms with Crippen molar-refractivity contribution < 1.29 is 17.6 Å². The first-order valence-corrected chi connectivity index (χ1v) is 9.45. The van der Waals surface area contributed by atoms with Crippen LogP contribution >= 0.6 is 0 Å². The summed E-state index contributed by atoms with van der Waals surface area (Å²) in [6.45, 7) is 4.59.